The van der Waals surface area contributed by atoms with E-state index in [4.69, 9.17) is 10.0 Å². The number of benzene rings is 1. The minimum Gasteiger partial charge on any atom is -0.506 e. The number of nitrogens with one attached hydrogen (secondary N) is 1. The average Bonchev–Trinajstić information content (AvgIpc) is 2.05. The summed E-state index contributed by atoms with van der Waals surface area (Å²) >= 11 is 0. The normalized spacial score (nSPS) is 9.58. The van der Waals surface area contributed by atoms with E-state index in [0.717, 1.165) is 0 Å². The minimum absolute atomic E-state index is 0.0851. The zero-order chi connectivity index (χ0) is 9.14. The smallest absolute Gasteiger partial charge is 0.488 e. The number of phenolic OH excluding ortho intramolecular Hbond substituents is 1. The molecule has 0 fully saturated rings. The van der Waals surface area contributed by atoms with E-state index in [1.807, 2.05) is 0 Å². The summed E-state index contributed by atoms with van der Waals surface area (Å²) in [6, 6.07) is 4.32. The van der Waals surface area contributed by atoms with Crippen LogP contribution in [0, 0.1) is 0 Å². The fourth-order valence-corrected chi connectivity index (χ4v) is 0.915. The topological polar surface area (TPSA) is 72.7 Å². The SMILES string of the molecule is CNc1cc(B(O)O)ccc1O. The lowest BCUT2D eigenvalue weighted by Crippen LogP contribution is -2.29. The van der Waals surface area contributed by atoms with E-state index in [2.05, 4.69) is 5.32 Å². The zero-order valence-electron chi connectivity index (χ0n) is 6.65. The van der Waals surface area contributed by atoms with E-state index >= 15 is 0 Å². The Kier molecular flexibility index (Phi) is 2.57. The first-order valence-electron chi connectivity index (χ1n) is 3.52. The lowest BCUT2D eigenvalue weighted by atomic mass is 9.80. The Bertz CT molecular complexity index is 277. The van der Waals surface area contributed by atoms with Crippen molar-refractivity contribution in [2.75, 3.05) is 12.4 Å². The van der Waals surface area contributed by atoms with Crippen molar-refractivity contribution in [1.82, 2.24) is 0 Å². The molecule has 0 aliphatic carbocycles. The first-order chi connectivity index (χ1) is 5.65. The predicted octanol–water partition coefficient (Wildman–Crippen LogP) is -0.886. The molecule has 0 atom stereocenters. The Balaban J connectivity index is 3.05. The van der Waals surface area contributed by atoms with Gasteiger partial charge in [0.15, 0.2) is 0 Å². The quantitative estimate of drug-likeness (QED) is 0.340. The molecule has 0 amide bonds. The Labute approximate surface area is 70.6 Å². The lowest BCUT2D eigenvalue weighted by Gasteiger charge is -2.05. The molecule has 12 heavy (non-hydrogen) atoms. The van der Waals surface area contributed by atoms with Crippen molar-refractivity contribution in [3.8, 4) is 5.75 Å². The molecule has 0 aliphatic heterocycles. The molecular formula is C7H10BNO3. The molecule has 0 bridgehead atoms. The highest BCUT2D eigenvalue weighted by atomic mass is 16.4. The van der Waals surface area contributed by atoms with E-state index in [1.165, 1.54) is 18.2 Å². The van der Waals surface area contributed by atoms with Crippen LogP contribution in [0.25, 0.3) is 0 Å². The molecule has 0 aliphatic rings. The second-order valence-corrected chi connectivity index (χ2v) is 2.40. The minimum atomic E-state index is -1.50. The second kappa shape index (κ2) is 3.47. The van der Waals surface area contributed by atoms with Gasteiger partial charge < -0.3 is 20.5 Å². The van der Waals surface area contributed by atoms with Crippen LogP contribution in [0.4, 0.5) is 5.69 Å². The van der Waals surface area contributed by atoms with E-state index in [0.29, 0.717) is 11.2 Å². The first-order valence-corrected chi connectivity index (χ1v) is 3.52. The third kappa shape index (κ3) is 1.69. The molecule has 4 N–H and O–H groups in total. The van der Waals surface area contributed by atoms with Crippen LogP contribution in [-0.4, -0.2) is 29.3 Å². The zero-order valence-corrected chi connectivity index (χ0v) is 6.65. The standard InChI is InChI=1S/C7H10BNO3/c1-9-6-4-5(8(11)12)2-3-7(6)10/h2-4,9-12H,1H3. The van der Waals surface area contributed by atoms with Crippen LogP contribution in [0.15, 0.2) is 18.2 Å². The van der Waals surface area contributed by atoms with Crippen molar-refractivity contribution >= 4 is 18.3 Å². The van der Waals surface area contributed by atoms with Crippen molar-refractivity contribution in [3.05, 3.63) is 18.2 Å². The first kappa shape index (κ1) is 8.90. The van der Waals surface area contributed by atoms with Crippen molar-refractivity contribution in [3.63, 3.8) is 0 Å². The Morgan fingerprint density at radius 1 is 1.33 bits per heavy atom. The summed E-state index contributed by atoms with van der Waals surface area (Å²) in [5.41, 5.74) is 0.817. The summed E-state index contributed by atoms with van der Waals surface area (Å²) in [5, 5.41) is 29.5. The third-order valence-corrected chi connectivity index (χ3v) is 1.59. The van der Waals surface area contributed by atoms with Crippen molar-refractivity contribution in [1.29, 1.82) is 0 Å². The van der Waals surface area contributed by atoms with Crippen LogP contribution in [0.5, 0.6) is 5.75 Å². The van der Waals surface area contributed by atoms with E-state index in [9.17, 15) is 5.11 Å². The van der Waals surface area contributed by atoms with Gasteiger partial charge in [0.2, 0.25) is 0 Å². The van der Waals surface area contributed by atoms with Gasteiger partial charge in [0.1, 0.15) is 5.75 Å². The van der Waals surface area contributed by atoms with Gasteiger partial charge in [-0.15, -0.1) is 0 Å². The number of hydrogen-bond acceptors (Lipinski definition) is 4. The molecule has 0 saturated heterocycles. The molecule has 1 aromatic rings. The van der Waals surface area contributed by atoms with Gasteiger partial charge in [-0.2, -0.15) is 0 Å². The highest BCUT2D eigenvalue weighted by molar-refractivity contribution is 6.58. The number of rotatable bonds is 2. The van der Waals surface area contributed by atoms with Gasteiger partial charge in [-0.05, 0) is 17.6 Å². The molecule has 0 radical (unpaired) electrons. The van der Waals surface area contributed by atoms with E-state index < -0.39 is 7.12 Å². The molecule has 1 rings (SSSR count). The number of aromatic hydroxyl groups is 1. The van der Waals surface area contributed by atoms with Gasteiger partial charge in [-0.25, -0.2) is 0 Å². The summed E-state index contributed by atoms with van der Waals surface area (Å²) in [5.74, 6) is 0.0851. The molecule has 0 aromatic heterocycles. The van der Waals surface area contributed by atoms with Gasteiger partial charge in [0.05, 0.1) is 5.69 Å². The van der Waals surface area contributed by atoms with E-state index in [-0.39, 0.29) is 5.75 Å². The molecule has 0 heterocycles. The molecule has 4 nitrogen and oxygen atoms in total. The Hall–Kier alpha value is -1.20. The maximum atomic E-state index is 9.19. The van der Waals surface area contributed by atoms with Crippen LogP contribution in [0.3, 0.4) is 0 Å². The van der Waals surface area contributed by atoms with Crippen molar-refractivity contribution in [2.24, 2.45) is 0 Å². The van der Waals surface area contributed by atoms with Gasteiger partial charge in [0, 0.05) is 7.05 Å². The molecule has 1 aromatic carbocycles. The monoisotopic (exact) mass is 167 g/mol. The molecule has 64 valence electrons. The highest BCUT2D eigenvalue weighted by Gasteiger charge is 2.12. The maximum Gasteiger partial charge on any atom is 0.488 e. The van der Waals surface area contributed by atoms with Gasteiger partial charge in [0.25, 0.3) is 0 Å². The van der Waals surface area contributed by atoms with E-state index in [1.54, 1.807) is 7.05 Å². The van der Waals surface area contributed by atoms with Gasteiger partial charge in [-0.3, -0.25) is 0 Å². The largest absolute Gasteiger partial charge is 0.506 e. The fourth-order valence-electron chi connectivity index (χ4n) is 0.915. The van der Waals surface area contributed by atoms with Crippen molar-refractivity contribution in [2.45, 2.75) is 0 Å². The predicted molar refractivity (Wildman–Crippen MR) is 47.5 cm³/mol. The van der Waals surface area contributed by atoms with Crippen LogP contribution < -0.4 is 10.8 Å². The molecule has 0 saturated carbocycles. The average molecular weight is 167 g/mol. The summed E-state index contributed by atoms with van der Waals surface area (Å²) in [6.45, 7) is 0. The molecule has 5 heteroatoms. The summed E-state index contributed by atoms with van der Waals surface area (Å²) in [6.07, 6.45) is 0. The number of anilines is 1. The fraction of sp³-hybridized carbons (Fsp3) is 0.143. The molecular weight excluding hydrogens is 157 g/mol. The summed E-state index contributed by atoms with van der Waals surface area (Å²) in [7, 11) is 0.139. The van der Waals surface area contributed by atoms with Gasteiger partial charge in [-0.1, -0.05) is 6.07 Å². The Morgan fingerprint density at radius 3 is 2.50 bits per heavy atom. The summed E-state index contributed by atoms with van der Waals surface area (Å²) < 4.78 is 0. The summed E-state index contributed by atoms with van der Waals surface area (Å²) in [4.78, 5) is 0. The number of phenols is 1. The Morgan fingerprint density at radius 2 is 2.00 bits per heavy atom. The third-order valence-electron chi connectivity index (χ3n) is 1.59. The second-order valence-electron chi connectivity index (χ2n) is 2.40. The number of hydrogen-bond donors (Lipinski definition) is 4. The maximum absolute atomic E-state index is 9.19. The molecule has 0 spiro atoms. The van der Waals surface area contributed by atoms with Crippen LogP contribution in [0.1, 0.15) is 0 Å². The highest BCUT2D eigenvalue weighted by Crippen LogP contribution is 2.19. The van der Waals surface area contributed by atoms with Crippen LogP contribution >= 0.6 is 0 Å². The van der Waals surface area contributed by atoms with Crippen molar-refractivity contribution < 1.29 is 15.2 Å². The van der Waals surface area contributed by atoms with Gasteiger partial charge >= 0.3 is 7.12 Å². The molecule has 0 unspecified atom stereocenters. The van der Waals surface area contributed by atoms with Crippen LogP contribution in [0.2, 0.25) is 0 Å². The lowest BCUT2D eigenvalue weighted by molar-refractivity contribution is 0.425. The van der Waals surface area contributed by atoms with Crippen LogP contribution in [-0.2, 0) is 0 Å².